The van der Waals surface area contributed by atoms with Gasteiger partial charge in [0.25, 0.3) is 0 Å². The van der Waals surface area contributed by atoms with Crippen LogP contribution in [0.5, 0.6) is 0 Å². The van der Waals surface area contributed by atoms with Crippen LogP contribution >= 0.6 is 11.6 Å². The van der Waals surface area contributed by atoms with Gasteiger partial charge in [-0.3, -0.25) is 10.0 Å². The molecule has 33 heavy (non-hydrogen) atoms. The number of nitrogens with one attached hydrogen (secondary N) is 2. The van der Waals surface area contributed by atoms with Crippen LogP contribution in [0.3, 0.4) is 0 Å². The molecule has 0 fully saturated rings. The van der Waals surface area contributed by atoms with Gasteiger partial charge in [0.15, 0.2) is 17.3 Å². The first-order valence-corrected chi connectivity index (χ1v) is 11.6. The summed E-state index contributed by atoms with van der Waals surface area (Å²) in [5.41, 5.74) is 1.83. The standard InChI is InChI=1S/C20H20ClN7O4S/c1-12-16(26-33(30,31)11-10-22)8-9-17(23-12)18-19(28(3)27-25-18)24-20(29)32-13(2)14-6-4-5-7-15(14)21/h4-9,13,26H,11H2,1-3H3,(H,24,29)/t13-/m1/s1. The number of hydrogen-bond donors (Lipinski definition) is 2. The van der Waals surface area contributed by atoms with Crippen LogP contribution in [-0.2, 0) is 21.8 Å². The number of nitrogens with zero attached hydrogens (tertiary/aromatic N) is 5. The zero-order chi connectivity index (χ0) is 24.2. The highest BCUT2D eigenvalue weighted by molar-refractivity contribution is 7.92. The molecule has 0 aliphatic heterocycles. The van der Waals surface area contributed by atoms with Crippen LogP contribution in [-0.4, -0.2) is 40.2 Å². The number of hydrogen-bond acceptors (Lipinski definition) is 8. The Morgan fingerprint density at radius 2 is 2.03 bits per heavy atom. The molecule has 3 rings (SSSR count). The largest absolute Gasteiger partial charge is 0.441 e. The van der Waals surface area contributed by atoms with Crippen molar-refractivity contribution >= 4 is 39.2 Å². The lowest BCUT2D eigenvalue weighted by Crippen LogP contribution is -2.18. The molecule has 0 unspecified atom stereocenters. The van der Waals surface area contributed by atoms with Crippen molar-refractivity contribution in [3.05, 3.63) is 52.7 Å². The Labute approximate surface area is 195 Å². The maximum Gasteiger partial charge on any atom is 0.413 e. The van der Waals surface area contributed by atoms with E-state index in [9.17, 15) is 13.2 Å². The van der Waals surface area contributed by atoms with Gasteiger partial charge >= 0.3 is 6.09 Å². The third-order valence-electron chi connectivity index (χ3n) is 4.52. The monoisotopic (exact) mass is 489 g/mol. The summed E-state index contributed by atoms with van der Waals surface area (Å²) in [5.74, 6) is -0.447. The third-order valence-corrected chi connectivity index (χ3v) is 5.91. The summed E-state index contributed by atoms with van der Waals surface area (Å²) >= 11 is 6.16. The molecular weight excluding hydrogens is 470 g/mol. The molecule has 3 aromatic rings. The Morgan fingerprint density at radius 3 is 2.70 bits per heavy atom. The van der Waals surface area contributed by atoms with Crippen molar-refractivity contribution in [1.29, 1.82) is 5.26 Å². The molecule has 11 nitrogen and oxygen atoms in total. The van der Waals surface area contributed by atoms with Gasteiger partial charge in [-0.1, -0.05) is 35.0 Å². The van der Waals surface area contributed by atoms with Crippen LogP contribution in [0, 0.1) is 18.3 Å². The number of carbonyl (C=O) groups is 1. The van der Waals surface area contributed by atoms with E-state index in [0.717, 1.165) is 0 Å². The summed E-state index contributed by atoms with van der Waals surface area (Å²) in [4.78, 5) is 16.9. The lowest BCUT2D eigenvalue weighted by molar-refractivity contribution is 0.121. The van der Waals surface area contributed by atoms with Crippen molar-refractivity contribution in [2.75, 3.05) is 15.8 Å². The summed E-state index contributed by atoms with van der Waals surface area (Å²) in [5, 5.41) is 19.7. The molecule has 1 aromatic carbocycles. The summed E-state index contributed by atoms with van der Waals surface area (Å²) < 4.78 is 32.8. The number of halogens is 1. The average Bonchev–Trinajstić information content (AvgIpc) is 3.09. The smallest absolute Gasteiger partial charge is 0.413 e. The lowest BCUT2D eigenvalue weighted by Gasteiger charge is -2.15. The van der Waals surface area contributed by atoms with E-state index in [-0.39, 0.29) is 17.2 Å². The number of aromatic nitrogens is 4. The highest BCUT2D eigenvalue weighted by Crippen LogP contribution is 2.28. The number of carbonyl (C=O) groups excluding carboxylic acids is 1. The minimum absolute atomic E-state index is 0.223. The molecule has 0 saturated heterocycles. The zero-order valence-corrected chi connectivity index (χ0v) is 19.5. The Balaban J connectivity index is 1.80. The minimum atomic E-state index is -3.81. The first-order valence-electron chi connectivity index (χ1n) is 9.58. The number of sulfonamides is 1. The first kappa shape index (κ1) is 24.0. The summed E-state index contributed by atoms with van der Waals surface area (Å²) in [6.07, 6.45) is -1.35. The molecule has 0 bridgehead atoms. The molecule has 2 heterocycles. The average molecular weight is 490 g/mol. The van der Waals surface area contributed by atoms with Crippen molar-refractivity contribution in [2.45, 2.75) is 20.0 Å². The van der Waals surface area contributed by atoms with E-state index in [1.807, 2.05) is 0 Å². The maximum atomic E-state index is 12.5. The van der Waals surface area contributed by atoms with Crippen LogP contribution in [0.2, 0.25) is 5.02 Å². The molecule has 2 aromatic heterocycles. The van der Waals surface area contributed by atoms with E-state index in [0.29, 0.717) is 22.0 Å². The van der Waals surface area contributed by atoms with Gasteiger partial charge in [0.05, 0.1) is 23.1 Å². The molecule has 1 atom stereocenters. The quantitative estimate of drug-likeness (QED) is 0.512. The van der Waals surface area contributed by atoms with Gasteiger partial charge in [-0.25, -0.2) is 22.9 Å². The van der Waals surface area contributed by atoms with Gasteiger partial charge in [-0.05, 0) is 32.0 Å². The topological polar surface area (TPSA) is 152 Å². The molecule has 0 aliphatic rings. The molecule has 1 amide bonds. The van der Waals surface area contributed by atoms with Gasteiger partial charge in [0.2, 0.25) is 10.0 Å². The van der Waals surface area contributed by atoms with E-state index in [1.54, 1.807) is 51.2 Å². The van der Waals surface area contributed by atoms with Crippen molar-refractivity contribution in [3.63, 3.8) is 0 Å². The number of benzene rings is 1. The van der Waals surface area contributed by atoms with Crippen molar-refractivity contribution < 1.29 is 17.9 Å². The third kappa shape index (κ3) is 5.76. The molecule has 2 N–H and O–H groups in total. The normalized spacial score (nSPS) is 12.0. The second-order valence-electron chi connectivity index (χ2n) is 6.95. The Kier molecular flexibility index (Phi) is 7.15. The number of aryl methyl sites for hydroxylation is 2. The van der Waals surface area contributed by atoms with Gasteiger partial charge in [-0.15, -0.1) is 5.10 Å². The first-order chi connectivity index (χ1) is 15.6. The molecule has 172 valence electrons. The predicted octanol–water partition coefficient (Wildman–Crippen LogP) is 3.41. The molecule has 13 heteroatoms. The van der Waals surface area contributed by atoms with Crippen LogP contribution in [0.4, 0.5) is 16.3 Å². The van der Waals surface area contributed by atoms with Gasteiger partial charge in [0, 0.05) is 17.6 Å². The van der Waals surface area contributed by atoms with Crippen LogP contribution < -0.4 is 10.0 Å². The van der Waals surface area contributed by atoms with E-state index >= 15 is 0 Å². The van der Waals surface area contributed by atoms with Crippen LogP contribution in [0.15, 0.2) is 36.4 Å². The number of rotatable bonds is 7. The second kappa shape index (κ2) is 9.85. The minimum Gasteiger partial charge on any atom is -0.441 e. The fourth-order valence-corrected chi connectivity index (χ4v) is 4.00. The number of anilines is 2. The van der Waals surface area contributed by atoms with E-state index in [1.165, 1.54) is 16.8 Å². The van der Waals surface area contributed by atoms with E-state index in [4.69, 9.17) is 21.6 Å². The van der Waals surface area contributed by atoms with E-state index < -0.39 is 28.0 Å². The summed E-state index contributed by atoms with van der Waals surface area (Å²) in [7, 11) is -2.22. The summed E-state index contributed by atoms with van der Waals surface area (Å²) in [6, 6.07) is 11.6. The van der Waals surface area contributed by atoms with Crippen molar-refractivity contribution in [2.24, 2.45) is 7.05 Å². The highest BCUT2D eigenvalue weighted by Gasteiger charge is 2.21. The second-order valence-corrected chi connectivity index (χ2v) is 9.08. The number of amides is 1. The maximum absolute atomic E-state index is 12.5. The van der Waals surface area contributed by atoms with Crippen molar-refractivity contribution in [1.82, 2.24) is 20.0 Å². The van der Waals surface area contributed by atoms with Gasteiger partial charge in [0.1, 0.15) is 6.10 Å². The molecule has 0 radical (unpaired) electrons. The van der Waals surface area contributed by atoms with Crippen LogP contribution in [0.25, 0.3) is 11.4 Å². The number of pyridine rings is 1. The van der Waals surface area contributed by atoms with Gasteiger partial charge < -0.3 is 4.74 Å². The fraction of sp³-hybridized carbons (Fsp3) is 0.250. The van der Waals surface area contributed by atoms with Crippen LogP contribution in [0.1, 0.15) is 24.3 Å². The predicted molar refractivity (Wildman–Crippen MR) is 122 cm³/mol. The highest BCUT2D eigenvalue weighted by atomic mass is 35.5. The van der Waals surface area contributed by atoms with E-state index in [2.05, 4.69) is 25.3 Å². The summed E-state index contributed by atoms with van der Waals surface area (Å²) in [6.45, 7) is 3.29. The molecule has 0 saturated carbocycles. The number of nitriles is 1. The van der Waals surface area contributed by atoms with Gasteiger partial charge in [-0.2, -0.15) is 5.26 Å². The zero-order valence-electron chi connectivity index (χ0n) is 17.9. The SMILES string of the molecule is Cc1nc(-c2nnn(C)c2NC(=O)O[C@H](C)c2ccccc2Cl)ccc1NS(=O)(=O)CC#N. The Hall–Kier alpha value is -3.69. The Morgan fingerprint density at radius 1 is 1.30 bits per heavy atom. The number of ether oxygens (including phenoxy) is 1. The fourth-order valence-electron chi connectivity index (χ4n) is 2.91. The molecule has 0 aliphatic carbocycles. The molecule has 0 spiro atoms. The van der Waals surface area contributed by atoms with Crippen molar-refractivity contribution in [3.8, 4) is 17.5 Å². The lowest BCUT2D eigenvalue weighted by atomic mass is 10.1. The Bertz CT molecular complexity index is 1330. The molecular formula is C20H20ClN7O4S.